The van der Waals surface area contributed by atoms with E-state index in [9.17, 15) is 22.0 Å². The smallest absolute Gasteiger partial charge is 0.283 e. The van der Waals surface area contributed by atoms with Crippen LogP contribution in [-0.4, -0.2) is 45.0 Å². The van der Waals surface area contributed by atoms with E-state index in [1.165, 1.54) is 24.5 Å². The summed E-state index contributed by atoms with van der Waals surface area (Å²) in [6.45, 7) is 10.2. The Morgan fingerprint density at radius 1 is 1.22 bits per heavy atom. The first-order valence-corrected chi connectivity index (χ1v) is 13.6. The number of carbonyl (C=O) groups is 1. The first kappa shape index (κ1) is 26.2. The summed E-state index contributed by atoms with van der Waals surface area (Å²) in [7, 11) is -4.06. The molecule has 0 spiro atoms. The number of hydrogen-bond acceptors (Lipinski definition) is 5. The quantitative estimate of drug-likeness (QED) is 0.506. The molecule has 0 atom stereocenters. The second kappa shape index (κ2) is 9.24. The van der Waals surface area contributed by atoms with Gasteiger partial charge in [-0.1, -0.05) is 20.8 Å². The summed E-state index contributed by atoms with van der Waals surface area (Å²) in [4.78, 5) is 17.0. The molecule has 3 aromatic rings. The van der Waals surface area contributed by atoms with Crippen molar-refractivity contribution >= 4 is 27.0 Å². The molecular formula is C25H33F2N5O3S. The Kier molecular flexibility index (Phi) is 6.74. The zero-order valence-corrected chi connectivity index (χ0v) is 22.1. The molecule has 1 fully saturated rings. The number of imidazole rings is 1. The van der Waals surface area contributed by atoms with Crippen molar-refractivity contribution in [2.24, 2.45) is 5.92 Å². The molecule has 2 aromatic heterocycles. The molecule has 0 aliphatic heterocycles. The largest absolute Gasteiger partial charge is 0.350 e. The Balaban J connectivity index is 1.68. The topological polar surface area (TPSA) is 98.9 Å². The van der Waals surface area contributed by atoms with Gasteiger partial charge in [0.1, 0.15) is 5.82 Å². The zero-order chi connectivity index (χ0) is 26.5. The predicted octanol–water partition coefficient (Wildman–Crippen LogP) is 4.73. The molecule has 196 valence electrons. The van der Waals surface area contributed by atoms with Crippen LogP contribution in [0.4, 0.5) is 8.78 Å². The molecule has 11 heteroatoms. The number of rotatable bonds is 6. The van der Waals surface area contributed by atoms with E-state index in [0.717, 1.165) is 15.4 Å². The summed E-state index contributed by atoms with van der Waals surface area (Å²) in [6.07, 6.45) is 3.06. The highest BCUT2D eigenvalue weighted by molar-refractivity contribution is 7.89. The Hall–Kier alpha value is -2.82. The number of aromatic nitrogens is 4. The van der Waals surface area contributed by atoms with Gasteiger partial charge in [0.25, 0.3) is 15.9 Å². The first-order valence-electron chi connectivity index (χ1n) is 12.2. The average molecular weight is 522 g/mol. The van der Waals surface area contributed by atoms with Crippen LogP contribution in [-0.2, 0) is 22.0 Å². The van der Waals surface area contributed by atoms with E-state index in [2.05, 4.69) is 10.4 Å². The van der Waals surface area contributed by atoms with E-state index < -0.39 is 21.9 Å². The predicted molar refractivity (Wildman–Crippen MR) is 133 cm³/mol. The summed E-state index contributed by atoms with van der Waals surface area (Å²) in [6, 6.07) is 4.60. The van der Waals surface area contributed by atoms with Gasteiger partial charge < -0.3 is 9.88 Å². The van der Waals surface area contributed by atoms with Crippen LogP contribution in [0.1, 0.15) is 76.5 Å². The van der Waals surface area contributed by atoms with Crippen LogP contribution < -0.4 is 5.32 Å². The maximum atomic E-state index is 13.7. The molecule has 2 heterocycles. The van der Waals surface area contributed by atoms with Gasteiger partial charge >= 0.3 is 0 Å². The molecule has 4 rings (SSSR count). The number of hydrogen-bond donors (Lipinski definition) is 1. The molecule has 8 nitrogen and oxygen atoms in total. The highest BCUT2D eigenvalue weighted by Crippen LogP contribution is 2.38. The molecule has 0 saturated heterocycles. The Morgan fingerprint density at radius 3 is 2.50 bits per heavy atom. The third kappa shape index (κ3) is 5.30. The summed E-state index contributed by atoms with van der Waals surface area (Å²) in [5.41, 5.74) is 1.07. The molecule has 1 aliphatic carbocycles. The SMILES string of the molecule is CC(C)NC(=O)c1cnn(S(=O)(=O)c2ccc3c(c2)nc(C(C)(C)C)n3CC2CCC(F)(F)CC2)c1. The van der Waals surface area contributed by atoms with Crippen molar-refractivity contribution < 1.29 is 22.0 Å². The van der Waals surface area contributed by atoms with Crippen LogP contribution in [0.5, 0.6) is 0 Å². The fourth-order valence-electron chi connectivity index (χ4n) is 4.58. The van der Waals surface area contributed by atoms with Crippen LogP contribution in [0.15, 0.2) is 35.5 Å². The number of amides is 1. The molecule has 1 saturated carbocycles. The molecule has 1 aromatic carbocycles. The van der Waals surface area contributed by atoms with Gasteiger partial charge in [-0.3, -0.25) is 4.79 Å². The molecule has 0 bridgehead atoms. The summed E-state index contributed by atoms with van der Waals surface area (Å²) < 4.78 is 56.7. The van der Waals surface area contributed by atoms with Crippen molar-refractivity contribution in [2.45, 2.75) is 89.1 Å². The van der Waals surface area contributed by atoms with E-state index in [0.29, 0.717) is 24.9 Å². The zero-order valence-electron chi connectivity index (χ0n) is 21.3. The van der Waals surface area contributed by atoms with Gasteiger partial charge in [0.2, 0.25) is 5.92 Å². The lowest BCUT2D eigenvalue weighted by Gasteiger charge is -2.30. The van der Waals surface area contributed by atoms with E-state index >= 15 is 0 Å². The normalized spacial score (nSPS) is 17.1. The minimum Gasteiger partial charge on any atom is -0.350 e. The molecule has 1 amide bonds. The van der Waals surface area contributed by atoms with Crippen molar-refractivity contribution in [3.05, 3.63) is 42.0 Å². The minimum absolute atomic E-state index is 0.00339. The van der Waals surface area contributed by atoms with Crippen molar-refractivity contribution in [3.8, 4) is 0 Å². The van der Waals surface area contributed by atoms with E-state index in [-0.39, 0.29) is 40.7 Å². The number of halogens is 2. The average Bonchev–Trinajstić information content (AvgIpc) is 3.40. The first-order chi connectivity index (χ1) is 16.7. The Morgan fingerprint density at radius 2 is 1.89 bits per heavy atom. The van der Waals surface area contributed by atoms with Gasteiger partial charge in [0.05, 0.1) is 33.9 Å². The fraction of sp³-hybridized carbons (Fsp3) is 0.560. The van der Waals surface area contributed by atoms with E-state index in [1.54, 1.807) is 6.07 Å². The molecule has 36 heavy (non-hydrogen) atoms. The van der Waals surface area contributed by atoms with Crippen molar-refractivity contribution in [1.82, 2.24) is 24.1 Å². The molecule has 1 aliphatic rings. The molecule has 1 N–H and O–H groups in total. The maximum absolute atomic E-state index is 13.7. The fourth-order valence-corrected chi connectivity index (χ4v) is 5.72. The van der Waals surface area contributed by atoms with Gasteiger partial charge in [-0.25, -0.2) is 13.8 Å². The van der Waals surface area contributed by atoms with Crippen molar-refractivity contribution in [2.75, 3.05) is 0 Å². The highest BCUT2D eigenvalue weighted by atomic mass is 32.2. The lowest BCUT2D eigenvalue weighted by atomic mass is 9.86. The Labute approximate surface area is 210 Å². The lowest BCUT2D eigenvalue weighted by Crippen LogP contribution is -2.29. The monoisotopic (exact) mass is 521 g/mol. The number of alkyl halides is 2. The number of nitrogens with zero attached hydrogens (tertiary/aromatic N) is 4. The molecule has 0 radical (unpaired) electrons. The summed E-state index contributed by atoms with van der Waals surface area (Å²) in [5, 5.41) is 6.61. The van der Waals surface area contributed by atoms with Crippen LogP contribution >= 0.6 is 0 Å². The number of fused-ring (bicyclic) bond motifs is 1. The van der Waals surface area contributed by atoms with Gasteiger partial charge in [-0.05, 0) is 50.8 Å². The van der Waals surface area contributed by atoms with E-state index in [1.807, 2.05) is 39.2 Å². The van der Waals surface area contributed by atoms with Crippen LogP contribution in [0.25, 0.3) is 11.0 Å². The molecular weight excluding hydrogens is 488 g/mol. The summed E-state index contributed by atoms with van der Waals surface area (Å²) >= 11 is 0. The highest BCUT2D eigenvalue weighted by Gasteiger charge is 2.36. The third-order valence-electron chi connectivity index (χ3n) is 6.45. The van der Waals surface area contributed by atoms with Gasteiger partial charge in [0.15, 0.2) is 0 Å². The Bertz CT molecular complexity index is 1380. The standard InChI is InChI=1S/C25H33F2N5O3S/c1-16(2)29-22(33)18-13-28-32(15-18)36(34,35)19-6-7-21-20(12-19)30-23(24(3,4)5)31(21)14-17-8-10-25(26,27)11-9-17/h6-7,12-13,15-17H,8-11,14H2,1-5H3,(H,29,33). The van der Waals surface area contributed by atoms with Gasteiger partial charge in [-0.2, -0.15) is 17.6 Å². The second-order valence-corrected chi connectivity index (χ2v) is 12.8. The van der Waals surface area contributed by atoms with Crippen molar-refractivity contribution in [3.63, 3.8) is 0 Å². The van der Waals surface area contributed by atoms with Crippen LogP contribution in [0, 0.1) is 5.92 Å². The lowest BCUT2D eigenvalue weighted by molar-refractivity contribution is -0.0473. The second-order valence-electron chi connectivity index (χ2n) is 11.0. The van der Waals surface area contributed by atoms with E-state index in [4.69, 9.17) is 4.98 Å². The number of nitrogens with one attached hydrogen (secondary N) is 1. The van der Waals surface area contributed by atoms with Gasteiger partial charge in [0, 0.05) is 30.8 Å². The van der Waals surface area contributed by atoms with Crippen LogP contribution in [0.3, 0.4) is 0 Å². The van der Waals surface area contributed by atoms with Gasteiger partial charge in [-0.15, -0.1) is 0 Å². The maximum Gasteiger partial charge on any atom is 0.283 e. The summed E-state index contributed by atoms with van der Waals surface area (Å²) in [5.74, 6) is -2.12. The minimum atomic E-state index is -4.06. The van der Waals surface area contributed by atoms with Crippen molar-refractivity contribution in [1.29, 1.82) is 0 Å². The number of benzene rings is 1. The number of carbonyl (C=O) groups excluding carboxylic acids is 1. The third-order valence-corrected chi connectivity index (χ3v) is 8.00. The van der Waals surface area contributed by atoms with Crippen LogP contribution in [0.2, 0.25) is 0 Å². The molecule has 0 unspecified atom stereocenters.